The van der Waals surface area contributed by atoms with Crippen LogP contribution in [0.15, 0.2) is 36.4 Å². The molecule has 1 unspecified atom stereocenters. The average Bonchev–Trinajstić information content (AvgIpc) is 2.84. The fourth-order valence-electron chi connectivity index (χ4n) is 2.46. The molecular weight excluding hydrogens is 227 g/mol. The summed E-state index contributed by atoms with van der Waals surface area (Å²) < 4.78 is 13.1. The van der Waals surface area contributed by atoms with Gasteiger partial charge in [0.25, 0.3) is 0 Å². The lowest BCUT2D eigenvalue weighted by atomic mass is 10.1. The normalized spacial score (nSPS) is 20.2. The van der Waals surface area contributed by atoms with Gasteiger partial charge in [-0.15, -0.1) is 0 Å². The maximum absolute atomic E-state index is 13.1. The van der Waals surface area contributed by atoms with Crippen LogP contribution >= 0.6 is 0 Å². The molecule has 0 bridgehead atoms. The van der Waals surface area contributed by atoms with Gasteiger partial charge >= 0.3 is 0 Å². The third kappa shape index (κ3) is 3.18. The summed E-state index contributed by atoms with van der Waals surface area (Å²) in [6.45, 7) is 7.99. The lowest BCUT2D eigenvalue weighted by molar-refractivity contribution is 0.185. The first kappa shape index (κ1) is 13.2. The van der Waals surface area contributed by atoms with E-state index in [-0.39, 0.29) is 5.82 Å². The number of benzene rings is 1. The van der Waals surface area contributed by atoms with Gasteiger partial charge in [-0.3, -0.25) is 5.43 Å². The maximum atomic E-state index is 13.1. The number of halogens is 1. The van der Waals surface area contributed by atoms with Gasteiger partial charge in [-0.2, -0.15) is 0 Å². The quantitative estimate of drug-likeness (QED) is 0.805. The van der Waals surface area contributed by atoms with E-state index in [1.54, 1.807) is 12.1 Å². The number of hydrogen-bond donors (Lipinski definition) is 1. The van der Waals surface area contributed by atoms with Gasteiger partial charge in [-0.05, 0) is 37.0 Å². The van der Waals surface area contributed by atoms with Crippen molar-refractivity contribution in [1.29, 1.82) is 0 Å². The zero-order valence-corrected chi connectivity index (χ0v) is 11.0. The van der Waals surface area contributed by atoms with Crippen molar-refractivity contribution in [1.82, 2.24) is 10.4 Å². The molecule has 1 atom stereocenters. The molecule has 1 aliphatic heterocycles. The predicted molar refractivity (Wildman–Crippen MR) is 72.4 cm³/mol. The summed E-state index contributed by atoms with van der Waals surface area (Å²) in [7, 11) is 0. The van der Waals surface area contributed by atoms with Crippen LogP contribution in [-0.2, 0) is 6.54 Å². The van der Waals surface area contributed by atoms with Gasteiger partial charge in [0.1, 0.15) is 5.82 Å². The summed E-state index contributed by atoms with van der Waals surface area (Å²) in [5, 5.41) is 2.25. The van der Waals surface area contributed by atoms with E-state index in [4.69, 9.17) is 0 Å². The maximum Gasteiger partial charge on any atom is 0.123 e. The molecule has 0 aromatic heterocycles. The van der Waals surface area contributed by atoms with Gasteiger partial charge in [-0.1, -0.05) is 31.2 Å². The Hall–Kier alpha value is -1.19. The first-order valence-corrected chi connectivity index (χ1v) is 6.63. The molecule has 1 fully saturated rings. The Morgan fingerprint density at radius 3 is 3.11 bits per heavy atom. The summed E-state index contributed by atoms with van der Waals surface area (Å²) in [6.07, 6.45) is 3.38. The van der Waals surface area contributed by atoms with Crippen LogP contribution in [0.25, 0.3) is 0 Å². The van der Waals surface area contributed by atoms with E-state index in [1.807, 2.05) is 6.07 Å². The average molecular weight is 248 g/mol. The second-order valence-electron chi connectivity index (χ2n) is 4.83. The van der Waals surface area contributed by atoms with Crippen LogP contribution in [0.2, 0.25) is 0 Å². The highest BCUT2D eigenvalue weighted by molar-refractivity contribution is 5.16. The van der Waals surface area contributed by atoms with E-state index in [9.17, 15) is 4.39 Å². The smallest absolute Gasteiger partial charge is 0.123 e. The van der Waals surface area contributed by atoms with Gasteiger partial charge in [0.05, 0.1) is 0 Å². The standard InChI is InChI=1S/C15H21FN2/c1-3-12(2)15-8-5-9-18(15)17-11-13-6-4-7-14(16)10-13/h4,6-7,10,15,17H,2-3,5,8-9,11H2,1H3. The second-order valence-corrected chi connectivity index (χ2v) is 4.83. The van der Waals surface area contributed by atoms with Crippen LogP contribution in [0.1, 0.15) is 31.7 Å². The molecule has 1 aromatic carbocycles. The molecule has 0 aliphatic carbocycles. The molecule has 98 valence electrons. The Bertz CT molecular complexity index is 417. The summed E-state index contributed by atoms with van der Waals surface area (Å²) in [4.78, 5) is 0. The largest absolute Gasteiger partial charge is 0.250 e. The van der Waals surface area contributed by atoms with E-state index < -0.39 is 0 Å². The number of rotatable bonds is 5. The van der Waals surface area contributed by atoms with E-state index in [1.165, 1.54) is 24.5 Å². The van der Waals surface area contributed by atoms with Gasteiger partial charge < -0.3 is 0 Å². The zero-order valence-electron chi connectivity index (χ0n) is 11.0. The molecule has 1 aromatic rings. The predicted octanol–water partition coefficient (Wildman–Crippen LogP) is 3.26. The van der Waals surface area contributed by atoms with Crippen LogP contribution in [0.5, 0.6) is 0 Å². The van der Waals surface area contributed by atoms with E-state index in [0.29, 0.717) is 12.6 Å². The molecule has 1 heterocycles. The molecule has 0 saturated carbocycles. The molecule has 1 aliphatic rings. The molecular formula is C15H21FN2. The van der Waals surface area contributed by atoms with Gasteiger partial charge in [0, 0.05) is 19.1 Å². The first-order valence-electron chi connectivity index (χ1n) is 6.63. The van der Waals surface area contributed by atoms with E-state index >= 15 is 0 Å². The fourth-order valence-corrected chi connectivity index (χ4v) is 2.46. The minimum absolute atomic E-state index is 0.176. The monoisotopic (exact) mass is 248 g/mol. The third-order valence-electron chi connectivity index (χ3n) is 3.55. The molecule has 0 amide bonds. The number of hydrazine groups is 1. The molecule has 3 heteroatoms. The van der Waals surface area contributed by atoms with Crippen LogP contribution in [0, 0.1) is 5.82 Å². The van der Waals surface area contributed by atoms with Crippen molar-refractivity contribution in [3.63, 3.8) is 0 Å². The number of hydrogen-bond acceptors (Lipinski definition) is 2. The van der Waals surface area contributed by atoms with Crippen molar-refractivity contribution in [3.8, 4) is 0 Å². The first-order chi connectivity index (χ1) is 8.70. The van der Waals surface area contributed by atoms with Crippen molar-refractivity contribution < 1.29 is 4.39 Å². The van der Waals surface area contributed by atoms with Gasteiger partial charge in [0.15, 0.2) is 0 Å². The van der Waals surface area contributed by atoms with E-state index in [0.717, 1.165) is 18.5 Å². The Balaban J connectivity index is 1.91. The second kappa shape index (κ2) is 6.12. The SMILES string of the molecule is C=C(CC)C1CCCN1NCc1cccc(F)c1. The highest BCUT2D eigenvalue weighted by Crippen LogP contribution is 2.22. The Morgan fingerprint density at radius 1 is 1.56 bits per heavy atom. The van der Waals surface area contributed by atoms with Crippen molar-refractivity contribution in [3.05, 3.63) is 47.8 Å². The summed E-state index contributed by atoms with van der Waals surface area (Å²) >= 11 is 0. The van der Waals surface area contributed by atoms with Crippen molar-refractivity contribution in [2.24, 2.45) is 0 Å². The summed E-state index contributed by atoms with van der Waals surface area (Å²) in [5.41, 5.74) is 5.65. The summed E-state index contributed by atoms with van der Waals surface area (Å²) in [6, 6.07) is 7.17. The third-order valence-corrected chi connectivity index (χ3v) is 3.55. The van der Waals surface area contributed by atoms with Gasteiger partial charge in [-0.25, -0.2) is 9.40 Å². The van der Waals surface area contributed by atoms with Crippen molar-refractivity contribution >= 4 is 0 Å². The minimum Gasteiger partial charge on any atom is -0.250 e. The van der Waals surface area contributed by atoms with Crippen LogP contribution in [-0.4, -0.2) is 17.6 Å². The van der Waals surface area contributed by atoms with Crippen LogP contribution in [0.4, 0.5) is 4.39 Å². The molecule has 0 radical (unpaired) electrons. The highest BCUT2D eigenvalue weighted by Gasteiger charge is 2.25. The fraction of sp³-hybridized carbons (Fsp3) is 0.467. The topological polar surface area (TPSA) is 15.3 Å². The molecule has 1 N–H and O–H groups in total. The summed E-state index contributed by atoms with van der Waals surface area (Å²) in [5.74, 6) is -0.176. The number of nitrogens with one attached hydrogen (secondary N) is 1. The molecule has 0 spiro atoms. The minimum atomic E-state index is -0.176. The van der Waals surface area contributed by atoms with Gasteiger partial charge in [0.2, 0.25) is 0 Å². The molecule has 18 heavy (non-hydrogen) atoms. The van der Waals surface area contributed by atoms with Crippen LogP contribution < -0.4 is 5.43 Å². The van der Waals surface area contributed by atoms with Crippen LogP contribution in [0.3, 0.4) is 0 Å². The molecule has 1 saturated heterocycles. The Labute approximate surface area is 108 Å². The molecule has 2 rings (SSSR count). The molecule has 2 nitrogen and oxygen atoms in total. The van der Waals surface area contributed by atoms with Crippen molar-refractivity contribution in [2.75, 3.05) is 6.54 Å². The Kier molecular flexibility index (Phi) is 4.50. The lowest BCUT2D eigenvalue weighted by Crippen LogP contribution is -2.41. The van der Waals surface area contributed by atoms with E-state index in [2.05, 4.69) is 23.9 Å². The lowest BCUT2D eigenvalue weighted by Gasteiger charge is -2.26. The highest BCUT2D eigenvalue weighted by atomic mass is 19.1. The zero-order chi connectivity index (χ0) is 13.0. The number of nitrogens with zero attached hydrogens (tertiary/aromatic N) is 1. The van der Waals surface area contributed by atoms with Crippen molar-refractivity contribution in [2.45, 2.75) is 38.8 Å². The Morgan fingerprint density at radius 2 is 2.39 bits per heavy atom.